The van der Waals surface area contributed by atoms with Gasteiger partial charge in [-0.05, 0) is 28.1 Å². The number of halogens is 4. The molecule has 0 saturated heterocycles. The number of nitrogens with zero attached hydrogens (tertiary/aromatic N) is 2. The van der Waals surface area contributed by atoms with Crippen molar-refractivity contribution in [2.24, 2.45) is 0 Å². The largest absolute Gasteiger partial charge is 0.573 e. The van der Waals surface area contributed by atoms with Crippen molar-refractivity contribution in [1.29, 1.82) is 0 Å². The Bertz CT molecular complexity index is 709. The molecule has 0 unspecified atom stereocenters. The average Bonchev–Trinajstić information content (AvgIpc) is 2.41. The molecular weight excluding hydrogens is 373 g/mol. The van der Waals surface area contributed by atoms with Crippen LogP contribution in [0.2, 0.25) is 0 Å². The first kappa shape index (κ1) is 16.0. The summed E-state index contributed by atoms with van der Waals surface area (Å²) in [4.78, 5) is 13.9. The number of hydrogen-bond donors (Lipinski definition) is 0. The second-order valence-corrected chi connectivity index (χ2v) is 4.75. The first-order chi connectivity index (χ1) is 10.3. The Morgan fingerprint density at radius 1 is 1.23 bits per heavy atom. The van der Waals surface area contributed by atoms with Crippen LogP contribution in [0.15, 0.2) is 41.0 Å². The van der Waals surface area contributed by atoms with E-state index in [0.29, 0.717) is 4.47 Å². The molecule has 0 amide bonds. The Balaban J connectivity index is 2.38. The van der Waals surface area contributed by atoms with E-state index in [1.165, 1.54) is 24.4 Å². The average molecular weight is 379 g/mol. The van der Waals surface area contributed by atoms with Gasteiger partial charge in [-0.3, -0.25) is 10.1 Å². The van der Waals surface area contributed by atoms with Gasteiger partial charge in [-0.1, -0.05) is 12.1 Å². The highest BCUT2D eigenvalue weighted by Crippen LogP contribution is 2.37. The molecule has 2 aromatic rings. The van der Waals surface area contributed by atoms with E-state index in [1.54, 1.807) is 0 Å². The Morgan fingerprint density at radius 2 is 1.86 bits per heavy atom. The van der Waals surface area contributed by atoms with E-state index in [2.05, 4.69) is 25.7 Å². The molecule has 0 saturated carbocycles. The fourth-order valence-electron chi connectivity index (χ4n) is 1.47. The van der Waals surface area contributed by atoms with Crippen LogP contribution in [-0.4, -0.2) is 16.3 Å². The summed E-state index contributed by atoms with van der Waals surface area (Å²) < 4.78 is 46.2. The summed E-state index contributed by atoms with van der Waals surface area (Å²) in [6.45, 7) is 0. The lowest BCUT2D eigenvalue weighted by atomic mass is 10.3. The minimum Gasteiger partial charge on any atom is -0.430 e. The van der Waals surface area contributed by atoms with E-state index in [9.17, 15) is 23.3 Å². The fraction of sp³-hybridized carbons (Fsp3) is 0.0833. The predicted molar refractivity (Wildman–Crippen MR) is 71.8 cm³/mol. The molecule has 0 aliphatic heterocycles. The van der Waals surface area contributed by atoms with Crippen LogP contribution in [0.25, 0.3) is 0 Å². The standard InChI is InChI=1S/C12H6BrF3N2O4/c13-7-5-8(18(19)20)11(17-6-7)21-9-3-1-2-4-10(9)22-12(14,15)16/h1-6H. The molecule has 0 fully saturated rings. The number of rotatable bonds is 4. The van der Waals surface area contributed by atoms with Crippen LogP contribution in [0, 0.1) is 10.1 Å². The molecule has 0 aliphatic carbocycles. The van der Waals surface area contributed by atoms with E-state index < -0.39 is 28.6 Å². The SMILES string of the molecule is O=[N+]([O-])c1cc(Br)cnc1Oc1ccccc1OC(F)(F)F. The number of benzene rings is 1. The van der Waals surface area contributed by atoms with Crippen molar-refractivity contribution in [3.05, 3.63) is 51.1 Å². The molecule has 22 heavy (non-hydrogen) atoms. The van der Waals surface area contributed by atoms with Crippen LogP contribution in [0.5, 0.6) is 17.4 Å². The van der Waals surface area contributed by atoms with Gasteiger partial charge in [0.05, 0.1) is 4.92 Å². The summed E-state index contributed by atoms with van der Waals surface area (Å²) in [5.41, 5.74) is -0.504. The molecule has 0 radical (unpaired) electrons. The second kappa shape index (κ2) is 6.18. The van der Waals surface area contributed by atoms with E-state index in [-0.39, 0.29) is 5.75 Å². The lowest BCUT2D eigenvalue weighted by Gasteiger charge is -2.13. The van der Waals surface area contributed by atoms with Crippen LogP contribution in [0.1, 0.15) is 0 Å². The lowest BCUT2D eigenvalue weighted by Crippen LogP contribution is -2.17. The topological polar surface area (TPSA) is 74.5 Å². The number of alkyl halides is 3. The van der Waals surface area contributed by atoms with E-state index in [1.807, 2.05) is 0 Å². The van der Waals surface area contributed by atoms with Gasteiger partial charge in [-0.2, -0.15) is 0 Å². The smallest absolute Gasteiger partial charge is 0.430 e. The van der Waals surface area contributed by atoms with Gasteiger partial charge in [-0.15, -0.1) is 13.2 Å². The van der Waals surface area contributed by atoms with Crippen molar-refractivity contribution in [3.8, 4) is 17.4 Å². The number of ether oxygens (including phenoxy) is 2. The third kappa shape index (κ3) is 4.07. The normalized spacial score (nSPS) is 11.1. The summed E-state index contributed by atoms with van der Waals surface area (Å²) in [5, 5.41) is 10.9. The van der Waals surface area contributed by atoms with Gasteiger partial charge in [0.15, 0.2) is 11.5 Å². The number of para-hydroxylation sites is 2. The summed E-state index contributed by atoms with van der Waals surface area (Å²) in [6, 6.07) is 6.01. The maximum absolute atomic E-state index is 12.3. The molecule has 0 atom stereocenters. The zero-order valence-corrected chi connectivity index (χ0v) is 12.1. The zero-order valence-electron chi connectivity index (χ0n) is 10.5. The van der Waals surface area contributed by atoms with Gasteiger partial charge in [0.1, 0.15) is 0 Å². The molecule has 1 heterocycles. The van der Waals surface area contributed by atoms with Crippen LogP contribution in [-0.2, 0) is 0 Å². The van der Waals surface area contributed by atoms with E-state index in [4.69, 9.17) is 4.74 Å². The molecular formula is C12H6BrF3N2O4. The van der Waals surface area contributed by atoms with Crippen molar-refractivity contribution in [2.45, 2.75) is 6.36 Å². The van der Waals surface area contributed by atoms with Crippen LogP contribution in [0.4, 0.5) is 18.9 Å². The molecule has 1 aromatic carbocycles. The van der Waals surface area contributed by atoms with Gasteiger partial charge >= 0.3 is 12.0 Å². The zero-order chi connectivity index (χ0) is 16.3. The van der Waals surface area contributed by atoms with Crippen LogP contribution in [0.3, 0.4) is 0 Å². The Labute approximate surface area is 129 Å². The van der Waals surface area contributed by atoms with Gasteiger partial charge in [0.25, 0.3) is 5.88 Å². The summed E-state index contributed by atoms with van der Waals surface area (Å²) in [5.74, 6) is -1.43. The van der Waals surface area contributed by atoms with E-state index in [0.717, 1.165) is 12.1 Å². The highest BCUT2D eigenvalue weighted by Gasteiger charge is 2.32. The van der Waals surface area contributed by atoms with E-state index >= 15 is 0 Å². The summed E-state index contributed by atoms with van der Waals surface area (Å²) >= 11 is 3.01. The highest BCUT2D eigenvalue weighted by atomic mass is 79.9. The monoisotopic (exact) mass is 378 g/mol. The minimum absolute atomic E-state index is 0.325. The van der Waals surface area contributed by atoms with Crippen molar-refractivity contribution in [3.63, 3.8) is 0 Å². The number of nitro groups is 1. The Kier molecular flexibility index (Phi) is 4.50. The molecule has 0 bridgehead atoms. The third-order valence-electron chi connectivity index (χ3n) is 2.28. The van der Waals surface area contributed by atoms with Gasteiger partial charge in [0.2, 0.25) is 0 Å². The van der Waals surface area contributed by atoms with Crippen LogP contribution >= 0.6 is 15.9 Å². The second-order valence-electron chi connectivity index (χ2n) is 3.83. The number of pyridine rings is 1. The predicted octanol–water partition coefficient (Wildman–Crippen LogP) is 4.44. The highest BCUT2D eigenvalue weighted by molar-refractivity contribution is 9.10. The Morgan fingerprint density at radius 3 is 2.45 bits per heavy atom. The third-order valence-corrected chi connectivity index (χ3v) is 2.71. The van der Waals surface area contributed by atoms with Gasteiger partial charge in [0, 0.05) is 16.7 Å². The first-order valence-corrected chi connectivity index (χ1v) is 6.38. The summed E-state index contributed by atoms with van der Waals surface area (Å²) in [7, 11) is 0. The maximum Gasteiger partial charge on any atom is 0.573 e. The molecule has 2 rings (SSSR count). The fourth-order valence-corrected chi connectivity index (χ4v) is 1.79. The summed E-state index contributed by atoms with van der Waals surface area (Å²) in [6.07, 6.45) is -3.70. The molecule has 0 N–H and O–H groups in total. The van der Waals surface area contributed by atoms with Crippen molar-refractivity contribution in [1.82, 2.24) is 4.98 Å². The maximum atomic E-state index is 12.3. The van der Waals surface area contributed by atoms with Crippen LogP contribution < -0.4 is 9.47 Å². The number of hydrogen-bond acceptors (Lipinski definition) is 5. The molecule has 6 nitrogen and oxygen atoms in total. The van der Waals surface area contributed by atoms with Gasteiger partial charge < -0.3 is 9.47 Å². The Hall–Kier alpha value is -2.36. The first-order valence-electron chi connectivity index (χ1n) is 5.59. The lowest BCUT2D eigenvalue weighted by molar-refractivity contribution is -0.386. The molecule has 0 spiro atoms. The van der Waals surface area contributed by atoms with Crippen molar-refractivity contribution >= 4 is 21.6 Å². The molecule has 1 aromatic heterocycles. The van der Waals surface area contributed by atoms with Crippen molar-refractivity contribution < 1.29 is 27.6 Å². The minimum atomic E-state index is -4.92. The van der Waals surface area contributed by atoms with Gasteiger partial charge in [-0.25, -0.2) is 4.98 Å². The molecule has 0 aliphatic rings. The molecule has 116 valence electrons. The number of aromatic nitrogens is 1. The molecule has 10 heteroatoms. The quantitative estimate of drug-likeness (QED) is 0.580. The van der Waals surface area contributed by atoms with Crippen molar-refractivity contribution in [2.75, 3.05) is 0 Å².